The number of hydrogen-bond donors (Lipinski definition) is 7. The fourth-order valence-corrected chi connectivity index (χ4v) is 3.22. The largest absolute Gasteiger partial charge is 0.481 e. The molecule has 35 heavy (non-hydrogen) atoms. The molecule has 0 aliphatic carbocycles. The Balaban J connectivity index is 3.09. The van der Waals surface area contributed by atoms with E-state index in [9.17, 15) is 29.1 Å². The summed E-state index contributed by atoms with van der Waals surface area (Å²) in [4.78, 5) is 60.6. The van der Waals surface area contributed by atoms with E-state index < -0.39 is 66.9 Å². The first-order valence-electron chi connectivity index (χ1n) is 11.2. The third kappa shape index (κ3) is 11.0. The predicted octanol–water partition coefficient (Wildman–Crippen LogP) is -1.00. The van der Waals surface area contributed by atoms with Crippen molar-refractivity contribution in [3.8, 4) is 0 Å². The van der Waals surface area contributed by atoms with Crippen molar-refractivity contribution in [2.24, 2.45) is 11.7 Å². The van der Waals surface area contributed by atoms with Crippen LogP contribution < -0.4 is 21.7 Å². The third-order valence-corrected chi connectivity index (χ3v) is 5.05. The van der Waals surface area contributed by atoms with E-state index in [1.54, 1.807) is 30.3 Å². The zero-order chi connectivity index (χ0) is 26.5. The van der Waals surface area contributed by atoms with Crippen molar-refractivity contribution < 1.29 is 39.3 Å². The number of rotatable bonds is 15. The second kappa shape index (κ2) is 14.7. The van der Waals surface area contributed by atoms with Gasteiger partial charge in [-0.15, -0.1) is 0 Å². The van der Waals surface area contributed by atoms with Gasteiger partial charge in [-0.05, 0) is 24.3 Å². The lowest BCUT2D eigenvalue weighted by Crippen LogP contribution is -2.58. The van der Waals surface area contributed by atoms with Crippen LogP contribution in [0.2, 0.25) is 0 Å². The molecular formula is C23H34N4O8. The topological polar surface area (TPSA) is 208 Å². The van der Waals surface area contributed by atoms with Gasteiger partial charge in [-0.2, -0.15) is 0 Å². The van der Waals surface area contributed by atoms with E-state index in [0.29, 0.717) is 12.0 Å². The maximum absolute atomic E-state index is 13.0. The lowest BCUT2D eigenvalue weighted by atomic mass is 10.0. The summed E-state index contributed by atoms with van der Waals surface area (Å²) in [5.74, 6) is -4.88. The van der Waals surface area contributed by atoms with Crippen LogP contribution in [0.25, 0.3) is 0 Å². The quantitative estimate of drug-likeness (QED) is 0.159. The van der Waals surface area contributed by atoms with Crippen LogP contribution in [-0.4, -0.2) is 75.8 Å². The van der Waals surface area contributed by atoms with E-state index in [1.807, 2.05) is 13.8 Å². The van der Waals surface area contributed by atoms with Crippen LogP contribution in [0.5, 0.6) is 0 Å². The SMILES string of the molecule is CC(C)CC(N)C(=O)NC(CCC(=O)O)C(=O)NC(Cc1ccccc1)C(=O)NC(CO)C(=O)O. The van der Waals surface area contributed by atoms with Crippen LogP contribution in [0, 0.1) is 5.92 Å². The first kappa shape index (κ1) is 29.5. The lowest BCUT2D eigenvalue weighted by molar-refractivity contribution is -0.143. The molecule has 3 amide bonds. The maximum atomic E-state index is 13.0. The van der Waals surface area contributed by atoms with E-state index in [-0.39, 0.29) is 18.8 Å². The molecule has 1 rings (SSSR count). The molecule has 1 aromatic carbocycles. The highest BCUT2D eigenvalue weighted by Gasteiger charge is 2.30. The number of carbonyl (C=O) groups excluding carboxylic acids is 3. The number of benzene rings is 1. The van der Waals surface area contributed by atoms with Gasteiger partial charge >= 0.3 is 11.9 Å². The number of aliphatic hydroxyl groups is 1. The van der Waals surface area contributed by atoms with Gasteiger partial charge in [0.05, 0.1) is 12.6 Å². The number of hydrogen-bond acceptors (Lipinski definition) is 7. The lowest BCUT2D eigenvalue weighted by Gasteiger charge is -2.25. The number of carbonyl (C=O) groups is 5. The molecule has 0 fully saturated rings. The van der Waals surface area contributed by atoms with Gasteiger partial charge in [-0.25, -0.2) is 4.79 Å². The van der Waals surface area contributed by atoms with Crippen molar-refractivity contribution in [1.29, 1.82) is 0 Å². The Morgan fingerprint density at radius 1 is 0.857 bits per heavy atom. The zero-order valence-corrected chi connectivity index (χ0v) is 19.8. The highest BCUT2D eigenvalue weighted by molar-refractivity contribution is 5.94. The molecule has 12 heteroatoms. The Labute approximate surface area is 203 Å². The molecule has 0 saturated heterocycles. The second-order valence-corrected chi connectivity index (χ2v) is 8.56. The first-order chi connectivity index (χ1) is 16.4. The van der Waals surface area contributed by atoms with Crippen molar-refractivity contribution in [2.75, 3.05) is 6.61 Å². The minimum Gasteiger partial charge on any atom is -0.481 e. The van der Waals surface area contributed by atoms with E-state index in [0.717, 1.165) is 0 Å². The molecule has 0 aromatic heterocycles. The number of aliphatic hydroxyl groups excluding tert-OH is 1. The first-order valence-corrected chi connectivity index (χ1v) is 11.2. The van der Waals surface area contributed by atoms with Gasteiger partial charge in [-0.1, -0.05) is 44.2 Å². The maximum Gasteiger partial charge on any atom is 0.328 e. The Kier molecular flexibility index (Phi) is 12.4. The zero-order valence-electron chi connectivity index (χ0n) is 19.8. The number of nitrogens with two attached hydrogens (primary N) is 1. The summed E-state index contributed by atoms with van der Waals surface area (Å²) in [5.41, 5.74) is 6.52. The van der Waals surface area contributed by atoms with E-state index >= 15 is 0 Å². The van der Waals surface area contributed by atoms with Crippen molar-refractivity contribution >= 4 is 29.7 Å². The van der Waals surface area contributed by atoms with E-state index in [4.69, 9.17) is 15.9 Å². The van der Waals surface area contributed by atoms with Gasteiger partial charge in [0.15, 0.2) is 0 Å². The molecule has 12 nitrogen and oxygen atoms in total. The number of aliphatic carboxylic acids is 2. The van der Waals surface area contributed by atoms with Gasteiger partial charge < -0.3 is 37.0 Å². The second-order valence-electron chi connectivity index (χ2n) is 8.56. The van der Waals surface area contributed by atoms with E-state index in [1.165, 1.54) is 0 Å². The van der Waals surface area contributed by atoms with Gasteiger partial charge in [-0.3, -0.25) is 19.2 Å². The summed E-state index contributed by atoms with van der Waals surface area (Å²) in [6, 6.07) is 3.50. The summed E-state index contributed by atoms with van der Waals surface area (Å²) < 4.78 is 0. The minimum atomic E-state index is -1.59. The normalized spacial score (nSPS) is 14.3. The van der Waals surface area contributed by atoms with Gasteiger partial charge in [0.2, 0.25) is 17.7 Å². The fourth-order valence-electron chi connectivity index (χ4n) is 3.22. The number of amides is 3. The molecule has 8 N–H and O–H groups in total. The smallest absolute Gasteiger partial charge is 0.328 e. The Morgan fingerprint density at radius 2 is 1.40 bits per heavy atom. The highest BCUT2D eigenvalue weighted by Crippen LogP contribution is 2.08. The minimum absolute atomic E-state index is 0.0252. The van der Waals surface area contributed by atoms with Crippen molar-refractivity contribution in [1.82, 2.24) is 16.0 Å². The van der Waals surface area contributed by atoms with Gasteiger partial charge in [0, 0.05) is 12.8 Å². The summed E-state index contributed by atoms with van der Waals surface area (Å²) in [6.07, 6.45) is -0.368. The number of nitrogens with one attached hydrogen (secondary N) is 3. The van der Waals surface area contributed by atoms with Crippen LogP contribution in [0.3, 0.4) is 0 Å². The molecule has 1 aromatic rings. The van der Waals surface area contributed by atoms with Crippen molar-refractivity contribution in [2.45, 2.75) is 63.7 Å². The molecule has 0 heterocycles. The molecular weight excluding hydrogens is 460 g/mol. The van der Waals surface area contributed by atoms with Gasteiger partial charge in [0.25, 0.3) is 0 Å². The molecule has 0 aliphatic heterocycles. The highest BCUT2D eigenvalue weighted by atomic mass is 16.4. The summed E-state index contributed by atoms with van der Waals surface area (Å²) >= 11 is 0. The average molecular weight is 495 g/mol. The van der Waals surface area contributed by atoms with Crippen molar-refractivity contribution in [3.05, 3.63) is 35.9 Å². The molecule has 0 spiro atoms. The van der Waals surface area contributed by atoms with Crippen LogP contribution in [-0.2, 0) is 30.4 Å². The molecule has 4 atom stereocenters. The van der Waals surface area contributed by atoms with Crippen molar-refractivity contribution in [3.63, 3.8) is 0 Å². The molecule has 4 unspecified atom stereocenters. The predicted molar refractivity (Wildman–Crippen MR) is 125 cm³/mol. The molecule has 0 aliphatic rings. The number of carboxylic acid groups (broad SMARTS) is 2. The summed E-state index contributed by atoms with van der Waals surface area (Å²) in [5, 5.41) is 34.5. The van der Waals surface area contributed by atoms with Crippen LogP contribution in [0.1, 0.15) is 38.7 Å². The fraction of sp³-hybridized carbons (Fsp3) is 0.522. The Morgan fingerprint density at radius 3 is 1.91 bits per heavy atom. The monoisotopic (exact) mass is 494 g/mol. The molecule has 0 bridgehead atoms. The third-order valence-electron chi connectivity index (χ3n) is 5.05. The molecule has 0 radical (unpaired) electrons. The molecule has 194 valence electrons. The van der Waals surface area contributed by atoms with Crippen LogP contribution in [0.15, 0.2) is 30.3 Å². The van der Waals surface area contributed by atoms with Crippen LogP contribution in [0.4, 0.5) is 0 Å². The van der Waals surface area contributed by atoms with Gasteiger partial charge in [0.1, 0.15) is 18.1 Å². The number of carboxylic acids is 2. The van der Waals surface area contributed by atoms with E-state index in [2.05, 4.69) is 16.0 Å². The average Bonchev–Trinajstić information content (AvgIpc) is 2.79. The standard InChI is InChI=1S/C23H34N4O8/c1-13(2)10-15(24)20(31)25-16(8-9-19(29)30)21(32)26-17(11-14-6-4-3-5-7-14)22(33)27-18(12-28)23(34)35/h3-7,13,15-18,28H,8-12,24H2,1-2H3,(H,25,31)(H,26,32)(H,27,33)(H,29,30)(H,34,35). The van der Waals surface area contributed by atoms with Crippen LogP contribution >= 0.6 is 0 Å². The molecule has 0 saturated carbocycles. The Hall–Kier alpha value is -3.51. The Bertz CT molecular complexity index is 878. The summed E-state index contributed by atoms with van der Waals surface area (Å²) in [7, 11) is 0. The summed E-state index contributed by atoms with van der Waals surface area (Å²) in [6.45, 7) is 2.87.